The Morgan fingerprint density at radius 3 is 2.65 bits per heavy atom. The van der Waals surface area contributed by atoms with E-state index in [0.717, 1.165) is 24.0 Å². The Morgan fingerprint density at radius 2 is 2.10 bits per heavy atom. The number of benzene rings is 1. The van der Waals surface area contributed by atoms with Gasteiger partial charge in [-0.25, -0.2) is 4.39 Å². The Bertz CT molecular complexity index is 510. The summed E-state index contributed by atoms with van der Waals surface area (Å²) in [6.07, 6.45) is 1.93. The molecule has 0 unspecified atom stereocenters. The van der Waals surface area contributed by atoms with Crippen LogP contribution in [0.4, 0.5) is 4.39 Å². The molecule has 0 aliphatic heterocycles. The van der Waals surface area contributed by atoms with Crippen molar-refractivity contribution >= 4 is 29.9 Å². The van der Waals surface area contributed by atoms with Crippen molar-refractivity contribution in [3.05, 3.63) is 47.8 Å². The van der Waals surface area contributed by atoms with Crippen LogP contribution in [0, 0.1) is 5.82 Å². The van der Waals surface area contributed by atoms with Gasteiger partial charge in [-0.3, -0.25) is 4.99 Å². The molecule has 1 aliphatic rings. The average Bonchev–Trinajstić information content (AvgIpc) is 3.15. The molecule has 3 N–H and O–H groups in total. The van der Waals surface area contributed by atoms with Gasteiger partial charge in [-0.1, -0.05) is 30.4 Å². The maximum atomic E-state index is 13.8. The van der Waals surface area contributed by atoms with Crippen LogP contribution in [0.5, 0.6) is 0 Å². The van der Waals surface area contributed by atoms with E-state index in [2.05, 4.69) is 16.9 Å². The fraction of sp³-hybridized carbons (Fsp3) is 0.400. The summed E-state index contributed by atoms with van der Waals surface area (Å²) in [5.41, 5.74) is 7.38. The highest BCUT2D eigenvalue weighted by Crippen LogP contribution is 2.49. The van der Waals surface area contributed by atoms with Crippen LogP contribution < -0.4 is 11.1 Å². The summed E-state index contributed by atoms with van der Waals surface area (Å²) in [5, 5.41) is 2.98. The fourth-order valence-corrected chi connectivity index (χ4v) is 2.09. The topological polar surface area (TPSA) is 50.4 Å². The molecule has 1 fully saturated rings. The summed E-state index contributed by atoms with van der Waals surface area (Å²) >= 11 is 0. The highest BCUT2D eigenvalue weighted by molar-refractivity contribution is 14.0. The Hall–Kier alpha value is -1.11. The Kier molecular flexibility index (Phi) is 5.98. The lowest BCUT2D eigenvalue weighted by Crippen LogP contribution is -2.33. The molecule has 0 aromatic heterocycles. The number of nitrogens with one attached hydrogen (secondary N) is 1. The summed E-state index contributed by atoms with van der Waals surface area (Å²) in [5.74, 6) is 0.245. The lowest BCUT2D eigenvalue weighted by Gasteiger charge is -2.14. The quantitative estimate of drug-likeness (QED) is 0.352. The molecule has 20 heavy (non-hydrogen) atoms. The summed E-state index contributed by atoms with van der Waals surface area (Å²) in [7, 11) is 0. The van der Waals surface area contributed by atoms with E-state index in [1.54, 1.807) is 6.07 Å². The summed E-state index contributed by atoms with van der Waals surface area (Å²) in [6.45, 7) is 6.85. The Balaban J connectivity index is 0.00000200. The minimum absolute atomic E-state index is 0. The predicted octanol–water partition coefficient (Wildman–Crippen LogP) is 2.96. The average molecular weight is 389 g/mol. The second kappa shape index (κ2) is 7.06. The number of hydrogen-bond acceptors (Lipinski definition) is 1. The molecule has 3 nitrogen and oxygen atoms in total. The summed E-state index contributed by atoms with van der Waals surface area (Å²) in [6, 6.07) is 6.92. The van der Waals surface area contributed by atoms with Gasteiger partial charge >= 0.3 is 0 Å². The van der Waals surface area contributed by atoms with Crippen LogP contribution in [0.25, 0.3) is 0 Å². The molecule has 2 rings (SSSR count). The van der Waals surface area contributed by atoms with Crippen molar-refractivity contribution in [3.63, 3.8) is 0 Å². The second-order valence-corrected chi connectivity index (χ2v) is 5.27. The van der Waals surface area contributed by atoms with Gasteiger partial charge in [-0.15, -0.1) is 24.0 Å². The molecule has 110 valence electrons. The molecule has 1 aliphatic carbocycles. The van der Waals surface area contributed by atoms with E-state index in [4.69, 9.17) is 5.73 Å². The van der Waals surface area contributed by atoms with Crippen LogP contribution >= 0.6 is 24.0 Å². The minimum Gasteiger partial charge on any atom is -0.370 e. The van der Waals surface area contributed by atoms with Crippen molar-refractivity contribution in [1.29, 1.82) is 0 Å². The van der Waals surface area contributed by atoms with Gasteiger partial charge in [-0.05, 0) is 31.4 Å². The molecule has 0 atom stereocenters. The third-order valence-corrected chi connectivity index (χ3v) is 3.42. The van der Waals surface area contributed by atoms with E-state index in [0.29, 0.717) is 19.0 Å². The Morgan fingerprint density at radius 1 is 1.45 bits per heavy atom. The number of rotatable bonds is 5. The van der Waals surface area contributed by atoms with Gasteiger partial charge in [0, 0.05) is 12.0 Å². The molecule has 0 spiro atoms. The first-order valence-electron chi connectivity index (χ1n) is 6.47. The van der Waals surface area contributed by atoms with Crippen LogP contribution in [0.15, 0.2) is 41.4 Å². The van der Waals surface area contributed by atoms with Crippen LogP contribution in [-0.4, -0.2) is 19.0 Å². The number of nitrogens with zero attached hydrogens (tertiary/aromatic N) is 1. The first kappa shape index (κ1) is 16.9. The first-order chi connectivity index (χ1) is 9.03. The van der Waals surface area contributed by atoms with E-state index < -0.39 is 0 Å². The number of guanidine groups is 1. The van der Waals surface area contributed by atoms with Crippen molar-refractivity contribution in [1.82, 2.24) is 5.32 Å². The third kappa shape index (κ3) is 4.19. The number of aliphatic imine (C=N–C) groups is 1. The number of nitrogens with two attached hydrogens (primary N) is 1. The van der Waals surface area contributed by atoms with Crippen molar-refractivity contribution in [2.24, 2.45) is 10.7 Å². The largest absolute Gasteiger partial charge is 0.370 e. The second-order valence-electron chi connectivity index (χ2n) is 5.27. The lowest BCUT2D eigenvalue weighted by atomic mass is 9.95. The van der Waals surface area contributed by atoms with E-state index >= 15 is 0 Å². The molecule has 0 heterocycles. The zero-order valence-corrected chi connectivity index (χ0v) is 14.0. The fourth-order valence-electron chi connectivity index (χ4n) is 2.09. The van der Waals surface area contributed by atoms with E-state index in [1.807, 2.05) is 19.1 Å². The SMILES string of the molecule is C=C(C)CNC(N)=NCC1(c2ccccc2F)CC1.I. The zero-order valence-electron chi connectivity index (χ0n) is 11.7. The minimum atomic E-state index is -0.152. The first-order valence-corrected chi connectivity index (χ1v) is 6.47. The van der Waals surface area contributed by atoms with E-state index in [9.17, 15) is 4.39 Å². The van der Waals surface area contributed by atoms with Crippen molar-refractivity contribution in [2.45, 2.75) is 25.2 Å². The Labute approximate surface area is 136 Å². The summed E-state index contributed by atoms with van der Waals surface area (Å²) in [4.78, 5) is 4.32. The zero-order chi connectivity index (χ0) is 13.9. The number of hydrogen-bond donors (Lipinski definition) is 2. The van der Waals surface area contributed by atoms with Gasteiger partial charge in [0.1, 0.15) is 5.82 Å². The number of halogens is 2. The molecule has 1 aromatic rings. The van der Waals surface area contributed by atoms with Crippen LogP contribution in [0.3, 0.4) is 0 Å². The standard InChI is InChI=1S/C15H20FN3.HI/c1-11(2)9-18-14(17)19-10-15(7-8-15)12-5-3-4-6-13(12)16;/h3-6H,1,7-10H2,2H3,(H3,17,18,19);1H. The smallest absolute Gasteiger partial charge is 0.188 e. The maximum Gasteiger partial charge on any atom is 0.188 e. The lowest BCUT2D eigenvalue weighted by molar-refractivity contribution is 0.573. The van der Waals surface area contributed by atoms with E-state index in [1.165, 1.54) is 6.07 Å². The normalized spacial score (nSPS) is 16.2. The molecular weight excluding hydrogens is 368 g/mol. The van der Waals surface area contributed by atoms with Gasteiger partial charge in [0.15, 0.2) is 5.96 Å². The van der Waals surface area contributed by atoms with Gasteiger partial charge in [0.2, 0.25) is 0 Å². The van der Waals surface area contributed by atoms with Gasteiger partial charge in [0.05, 0.1) is 6.54 Å². The maximum absolute atomic E-state index is 13.8. The van der Waals surface area contributed by atoms with Crippen molar-refractivity contribution in [2.75, 3.05) is 13.1 Å². The van der Waals surface area contributed by atoms with Crippen LogP contribution in [0.2, 0.25) is 0 Å². The molecule has 0 amide bonds. The van der Waals surface area contributed by atoms with Gasteiger partial charge in [0.25, 0.3) is 0 Å². The molecule has 0 bridgehead atoms. The molecule has 0 saturated heterocycles. The van der Waals surface area contributed by atoms with E-state index in [-0.39, 0.29) is 35.2 Å². The highest BCUT2D eigenvalue weighted by Gasteiger charge is 2.45. The third-order valence-electron chi connectivity index (χ3n) is 3.42. The highest BCUT2D eigenvalue weighted by atomic mass is 127. The molecular formula is C15H21FIN3. The van der Waals surface area contributed by atoms with Crippen molar-refractivity contribution < 1.29 is 4.39 Å². The van der Waals surface area contributed by atoms with Crippen molar-refractivity contribution in [3.8, 4) is 0 Å². The molecule has 1 aromatic carbocycles. The van der Waals surface area contributed by atoms with Gasteiger partial charge in [-0.2, -0.15) is 0 Å². The monoisotopic (exact) mass is 389 g/mol. The summed E-state index contributed by atoms with van der Waals surface area (Å²) < 4.78 is 13.8. The molecule has 0 radical (unpaired) electrons. The molecule has 5 heteroatoms. The predicted molar refractivity (Wildman–Crippen MR) is 92.0 cm³/mol. The van der Waals surface area contributed by atoms with Crippen LogP contribution in [-0.2, 0) is 5.41 Å². The molecule has 1 saturated carbocycles. The van der Waals surface area contributed by atoms with Gasteiger partial charge < -0.3 is 11.1 Å². The van der Waals surface area contributed by atoms with Crippen LogP contribution in [0.1, 0.15) is 25.3 Å².